The highest BCUT2D eigenvalue weighted by atomic mass is 32.2. The van der Waals surface area contributed by atoms with Gasteiger partial charge in [-0.2, -0.15) is 0 Å². The molecule has 1 aromatic heterocycles. The monoisotopic (exact) mass is 431 g/mol. The fraction of sp³-hybridized carbons (Fsp3) is 0.238. The van der Waals surface area contributed by atoms with Gasteiger partial charge in [-0.1, -0.05) is 35.9 Å². The van der Waals surface area contributed by atoms with Gasteiger partial charge in [0.25, 0.3) is 0 Å². The Hall–Kier alpha value is -2.71. The van der Waals surface area contributed by atoms with Gasteiger partial charge in [0.1, 0.15) is 10.6 Å². The first kappa shape index (κ1) is 21.0. The summed E-state index contributed by atoms with van der Waals surface area (Å²) in [5.74, 6) is -1.31. The maximum absolute atomic E-state index is 12.5. The molecule has 3 rings (SSSR count). The summed E-state index contributed by atoms with van der Waals surface area (Å²) < 4.78 is 30.9. The molecule has 0 aliphatic rings. The fourth-order valence-corrected chi connectivity index (χ4v) is 5.17. The van der Waals surface area contributed by atoms with Gasteiger partial charge in [-0.15, -0.1) is 11.3 Å². The molecule has 0 bridgehead atoms. The Bertz CT molecular complexity index is 1150. The zero-order chi connectivity index (χ0) is 21.0. The summed E-state index contributed by atoms with van der Waals surface area (Å²) in [5.41, 5.74) is 1.25. The number of hydrogen-bond donors (Lipinski definition) is 1. The summed E-state index contributed by atoms with van der Waals surface area (Å²) in [6.45, 7) is 3.79. The van der Waals surface area contributed by atoms with Crippen LogP contribution in [0.3, 0.4) is 0 Å². The van der Waals surface area contributed by atoms with Gasteiger partial charge in [0.05, 0.1) is 17.3 Å². The standard InChI is InChI=1S/C21H21NO5S2/c1-3-27-21(24)19-16-6-4-5-7-17(16)28-20(19)22-18(23)12-13-29(25,26)15-10-8-14(2)9-11-15/h4-11H,3,12-13H2,1-2H3,(H,22,23). The van der Waals surface area contributed by atoms with Gasteiger partial charge < -0.3 is 10.1 Å². The average molecular weight is 432 g/mol. The second-order valence-electron chi connectivity index (χ2n) is 6.45. The number of carbonyl (C=O) groups is 2. The number of amides is 1. The molecule has 0 unspecified atom stereocenters. The van der Waals surface area contributed by atoms with E-state index >= 15 is 0 Å². The van der Waals surface area contributed by atoms with E-state index in [-0.39, 0.29) is 23.7 Å². The van der Waals surface area contributed by atoms with Crippen LogP contribution >= 0.6 is 11.3 Å². The molecule has 0 atom stereocenters. The van der Waals surface area contributed by atoms with Crippen LogP contribution in [0.15, 0.2) is 53.4 Å². The molecular weight excluding hydrogens is 410 g/mol. The largest absolute Gasteiger partial charge is 0.462 e. The second kappa shape index (κ2) is 8.75. The van der Waals surface area contributed by atoms with Crippen molar-refractivity contribution in [2.45, 2.75) is 25.2 Å². The Morgan fingerprint density at radius 3 is 2.45 bits per heavy atom. The highest BCUT2D eigenvalue weighted by Crippen LogP contribution is 2.36. The van der Waals surface area contributed by atoms with Crippen LogP contribution < -0.4 is 5.32 Å². The number of ether oxygens (including phenoxy) is 1. The van der Waals surface area contributed by atoms with Crippen molar-refractivity contribution in [2.75, 3.05) is 17.7 Å². The Balaban J connectivity index is 1.77. The molecule has 1 amide bonds. The van der Waals surface area contributed by atoms with Gasteiger partial charge in [0, 0.05) is 16.5 Å². The Morgan fingerprint density at radius 2 is 1.76 bits per heavy atom. The predicted octanol–water partition coefficient (Wildman–Crippen LogP) is 4.19. The number of thiophene rings is 1. The third kappa shape index (κ3) is 4.83. The number of sulfone groups is 1. The fourth-order valence-electron chi connectivity index (χ4n) is 2.82. The van der Waals surface area contributed by atoms with E-state index in [9.17, 15) is 18.0 Å². The van der Waals surface area contributed by atoms with Crippen molar-refractivity contribution in [3.05, 3.63) is 59.7 Å². The highest BCUT2D eigenvalue weighted by molar-refractivity contribution is 7.91. The van der Waals surface area contributed by atoms with E-state index < -0.39 is 21.7 Å². The molecule has 2 aromatic carbocycles. The third-order valence-electron chi connectivity index (χ3n) is 4.31. The molecule has 29 heavy (non-hydrogen) atoms. The van der Waals surface area contributed by atoms with E-state index in [0.717, 1.165) is 10.3 Å². The summed E-state index contributed by atoms with van der Waals surface area (Å²) in [4.78, 5) is 25.0. The first-order valence-corrected chi connectivity index (χ1v) is 11.6. The smallest absolute Gasteiger partial charge is 0.341 e. The van der Waals surface area contributed by atoms with E-state index in [2.05, 4.69) is 5.32 Å². The highest BCUT2D eigenvalue weighted by Gasteiger charge is 2.22. The molecule has 0 radical (unpaired) electrons. The quantitative estimate of drug-likeness (QED) is 0.567. The minimum atomic E-state index is -3.57. The molecular formula is C21H21NO5S2. The summed E-state index contributed by atoms with van der Waals surface area (Å²) in [6.07, 6.45) is -0.216. The molecule has 3 aromatic rings. The lowest BCUT2D eigenvalue weighted by atomic mass is 10.1. The number of aryl methyl sites for hydroxylation is 1. The lowest BCUT2D eigenvalue weighted by Crippen LogP contribution is -2.18. The number of nitrogens with one attached hydrogen (secondary N) is 1. The number of rotatable bonds is 7. The zero-order valence-corrected chi connectivity index (χ0v) is 17.7. The second-order valence-corrected chi connectivity index (χ2v) is 9.61. The van der Waals surface area contributed by atoms with Crippen LogP contribution in [0.25, 0.3) is 10.1 Å². The number of benzene rings is 2. The summed E-state index contributed by atoms with van der Waals surface area (Å²) in [6, 6.07) is 13.8. The molecule has 1 N–H and O–H groups in total. The van der Waals surface area contributed by atoms with E-state index in [4.69, 9.17) is 4.74 Å². The maximum Gasteiger partial charge on any atom is 0.341 e. The Morgan fingerprint density at radius 1 is 1.07 bits per heavy atom. The van der Waals surface area contributed by atoms with Crippen LogP contribution in [0, 0.1) is 6.92 Å². The first-order valence-electron chi connectivity index (χ1n) is 9.09. The van der Waals surface area contributed by atoms with Crippen molar-refractivity contribution in [3.8, 4) is 0 Å². The van der Waals surface area contributed by atoms with Crippen molar-refractivity contribution < 1.29 is 22.7 Å². The first-order chi connectivity index (χ1) is 13.8. The van der Waals surface area contributed by atoms with Crippen LogP contribution in [0.4, 0.5) is 5.00 Å². The molecule has 0 saturated carbocycles. The van der Waals surface area contributed by atoms with E-state index in [1.54, 1.807) is 31.2 Å². The van der Waals surface area contributed by atoms with E-state index in [1.165, 1.54) is 23.5 Å². The average Bonchev–Trinajstić information content (AvgIpc) is 3.05. The maximum atomic E-state index is 12.5. The Labute approximate surface area is 173 Å². The lowest BCUT2D eigenvalue weighted by molar-refractivity contribution is -0.115. The summed E-state index contributed by atoms with van der Waals surface area (Å²) >= 11 is 1.26. The minimum absolute atomic E-state index is 0.185. The number of anilines is 1. The van der Waals surface area contributed by atoms with Gasteiger partial charge in [-0.05, 0) is 32.0 Å². The molecule has 0 spiro atoms. The van der Waals surface area contributed by atoms with Crippen molar-refractivity contribution in [1.82, 2.24) is 0 Å². The van der Waals surface area contributed by atoms with Crippen molar-refractivity contribution in [3.63, 3.8) is 0 Å². The minimum Gasteiger partial charge on any atom is -0.462 e. The molecule has 0 saturated heterocycles. The molecule has 0 fully saturated rings. The third-order valence-corrected chi connectivity index (χ3v) is 7.12. The number of carbonyl (C=O) groups excluding carboxylic acids is 2. The van der Waals surface area contributed by atoms with Crippen LogP contribution in [-0.4, -0.2) is 32.7 Å². The van der Waals surface area contributed by atoms with Gasteiger partial charge in [0.15, 0.2) is 9.84 Å². The van der Waals surface area contributed by atoms with Crippen LogP contribution in [0.1, 0.15) is 29.3 Å². The predicted molar refractivity (Wildman–Crippen MR) is 114 cm³/mol. The van der Waals surface area contributed by atoms with Gasteiger partial charge >= 0.3 is 5.97 Å². The van der Waals surface area contributed by atoms with E-state index in [0.29, 0.717) is 16.0 Å². The van der Waals surface area contributed by atoms with Crippen LogP contribution in [0.2, 0.25) is 0 Å². The van der Waals surface area contributed by atoms with Gasteiger partial charge in [0.2, 0.25) is 5.91 Å². The van der Waals surface area contributed by atoms with Crippen LogP contribution in [0.5, 0.6) is 0 Å². The van der Waals surface area contributed by atoms with Crippen molar-refractivity contribution in [2.24, 2.45) is 0 Å². The normalized spacial score (nSPS) is 11.4. The lowest BCUT2D eigenvalue weighted by Gasteiger charge is -2.08. The summed E-state index contributed by atoms with van der Waals surface area (Å²) in [5, 5.41) is 3.74. The molecule has 0 aliphatic heterocycles. The van der Waals surface area contributed by atoms with Crippen molar-refractivity contribution >= 4 is 48.1 Å². The number of esters is 1. The van der Waals surface area contributed by atoms with Crippen molar-refractivity contribution in [1.29, 1.82) is 0 Å². The van der Waals surface area contributed by atoms with Gasteiger partial charge in [-0.25, -0.2) is 13.2 Å². The SMILES string of the molecule is CCOC(=O)c1c(NC(=O)CCS(=O)(=O)c2ccc(C)cc2)sc2ccccc12. The van der Waals surface area contributed by atoms with E-state index in [1.807, 2.05) is 19.1 Å². The molecule has 152 valence electrons. The zero-order valence-electron chi connectivity index (χ0n) is 16.1. The molecule has 0 aliphatic carbocycles. The summed E-state index contributed by atoms with van der Waals surface area (Å²) in [7, 11) is -3.57. The molecule has 1 heterocycles. The number of hydrogen-bond acceptors (Lipinski definition) is 6. The Kier molecular flexibility index (Phi) is 6.34. The topological polar surface area (TPSA) is 89.5 Å². The number of fused-ring (bicyclic) bond motifs is 1. The van der Waals surface area contributed by atoms with Gasteiger partial charge in [-0.3, -0.25) is 4.79 Å². The molecule has 8 heteroatoms. The van der Waals surface area contributed by atoms with Crippen LogP contribution in [-0.2, 0) is 19.4 Å². The molecule has 6 nitrogen and oxygen atoms in total.